The topological polar surface area (TPSA) is 51.2 Å². The highest BCUT2D eigenvalue weighted by atomic mass is 18.2. The van der Waals surface area contributed by atoms with E-state index in [2.05, 4.69) is 11.0 Å². The molecule has 1 aromatic rings. The number of hydrogen-bond donors (Lipinski definition) is 1. The zero-order chi connectivity index (χ0) is 23.5. The zero-order valence-electron chi connectivity index (χ0n) is 20.7. The Morgan fingerprint density at radius 2 is 2.06 bits per heavy atom. The molecule has 4 bridgehead atoms. The highest BCUT2D eigenvalue weighted by molar-refractivity contribution is 5.63. The summed E-state index contributed by atoms with van der Waals surface area (Å²) in [6.45, 7) is 5.72. The molecule has 0 amide bonds. The van der Waals surface area contributed by atoms with Gasteiger partial charge in [0.15, 0.2) is 11.5 Å². The molecule has 34 heavy (non-hydrogen) atoms. The van der Waals surface area contributed by atoms with E-state index in [0.717, 1.165) is 50.3 Å². The van der Waals surface area contributed by atoms with Crippen molar-refractivity contribution < 1.29 is 23.7 Å². The van der Waals surface area contributed by atoms with Gasteiger partial charge in [0.25, 0.3) is 0 Å². The number of alkyl halides is 1. The smallest absolute Gasteiger partial charge is 0.165 e. The van der Waals surface area contributed by atoms with E-state index in [1.165, 1.54) is 30.5 Å². The number of rotatable bonds is 7. The van der Waals surface area contributed by atoms with E-state index in [1.807, 2.05) is 27.0 Å². The summed E-state index contributed by atoms with van der Waals surface area (Å²) in [6, 6.07) is 4.67. The number of benzene rings is 1. The van der Waals surface area contributed by atoms with Gasteiger partial charge in [0, 0.05) is 42.0 Å². The van der Waals surface area contributed by atoms with Crippen molar-refractivity contribution in [2.24, 2.45) is 17.3 Å². The number of methoxy groups -OCH3 is 1. The second kappa shape index (κ2) is 6.89. The SMILES string of the molecule is CO[C@@]12CC[C@]3(C[C@@H]1C(C)(C)O)[C@H]1Cc4ccc(OCC[18F])c5c4[C@@]3(CCN1CC1CC1)[C@H]2O5. The standard InChI is InChI=1S/C28H38FNO4/c1-25(2,31)20-15-26-8-9-28(20,32-3)24-27(26)10-12-30(16-17-4-5-17)21(26)14-18-6-7-19(33-13-11-29)23(34-24)22(18)27/h6-7,17,20-21,24,31H,4-5,8-16H2,1-3H3/t20-,21-,24-,26+,27+,28+/m1/s1/i29-1. The molecule has 1 aromatic carbocycles. The van der Waals surface area contributed by atoms with Gasteiger partial charge in [-0.15, -0.1) is 0 Å². The first-order valence-corrected chi connectivity index (χ1v) is 13.3. The lowest BCUT2D eigenvalue weighted by Crippen LogP contribution is -2.82. The highest BCUT2D eigenvalue weighted by Crippen LogP contribution is 2.77. The Labute approximate surface area is 201 Å². The Morgan fingerprint density at radius 3 is 2.76 bits per heavy atom. The summed E-state index contributed by atoms with van der Waals surface area (Å²) in [7, 11) is 1.81. The van der Waals surface area contributed by atoms with Gasteiger partial charge >= 0.3 is 0 Å². The average molecular weight is 471 g/mol. The Balaban J connectivity index is 1.45. The maximum atomic E-state index is 13.0. The highest BCUT2D eigenvalue weighted by Gasteiger charge is 2.81. The van der Waals surface area contributed by atoms with E-state index in [4.69, 9.17) is 14.2 Å². The first-order valence-electron chi connectivity index (χ1n) is 13.3. The monoisotopic (exact) mass is 470 g/mol. The molecule has 5 fully saturated rings. The molecule has 5 nitrogen and oxygen atoms in total. The zero-order valence-corrected chi connectivity index (χ0v) is 20.7. The molecule has 2 aliphatic heterocycles. The first-order chi connectivity index (χ1) is 16.3. The van der Waals surface area contributed by atoms with Crippen molar-refractivity contribution in [3.63, 3.8) is 0 Å². The van der Waals surface area contributed by atoms with Crippen LogP contribution in [0.5, 0.6) is 11.5 Å². The van der Waals surface area contributed by atoms with Gasteiger partial charge in [0.2, 0.25) is 0 Å². The Morgan fingerprint density at radius 1 is 1.24 bits per heavy atom. The quantitative estimate of drug-likeness (QED) is 0.652. The van der Waals surface area contributed by atoms with Crippen molar-refractivity contribution in [1.29, 1.82) is 0 Å². The summed E-state index contributed by atoms with van der Waals surface area (Å²) >= 11 is 0. The molecule has 6 heteroatoms. The van der Waals surface area contributed by atoms with Crippen molar-refractivity contribution in [2.75, 3.05) is 33.5 Å². The molecule has 5 aliphatic carbocycles. The van der Waals surface area contributed by atoms with Gasteiger partial charge in [-0.2, -0.15) is 0 Å². The van der Waals surface area contributed by atoms with Crippen LogP contribution in [0, 0.1) is 17.3 Å². The van der Waals surface area contributed by atoms with E-state index in [-0.39, 0.29) is 29.5 Å². The minimum absolute atomic E-state index is 0.00803. The van der Waals surface area contributed by atoms with Crippen LogP contribution in [0.25, 0.3) is 0 Å². The maximum absolute atomic E-state index is 13.0. The fourth-order valence-electron chi connectivity index (χ4n) is 9.48. The number of ether oxygens (including phenoxy) is 3. The number of piperidine rings is 1. The van der Waals surface area contributed by atoms with Gasteiger partial charge in [-0.25, -0.2) is 4.39 Å². The molecule has 7 aliphatic rings. The normalized spacial score (nSPS) is 41.9. The molecular weight excluding hydrogens is 432 g/mol. The molecule has 2 heterocycles. The predicted molar refractivity (Wildman–Crippen MR) is 126 cm³/mol. The second-order valence-electron chi connectivity index (χ2n) is 12.6. The van der Waals surface area contributed by atoms with Crippen LogP contribution in [0.4, 0.5) is 4.39 Å². The molecular formula is C28H38FNO4. The lowest BCUT2D eigenvalue weighted by atomic mass is 9.34. The largest absolute Gasteiger partial charge is 0.487 e. The number of likely N-dealkylation sites (tertiary alicyclic amines) is 1. The van der Waals surface area contributed by atoms with E-state index >= 15 is 0 Å². The van der Waals surface area contributed by atoms with Crippen LogP contribution in [0.2, 0.25) is 0 Å². The number of nitrogens with zero attached hydrogens (tertiary/aromatic N) is 1. The minimum atomic E-state index is -0.868. The molecule has 0 unspecified atom stereocenters. The van der Waals surface area contributed by atoms with Crippen molar-refractivity contribution in [2.45, 2.75) is 87.6 Å². The maximum Gasteiger partial charge on any atom is 0.165 e. The van der Waals surface area contributed by atoms with Crippen LogP contribution >= 0.6 is 0 Å². The first kappa shape index (κ1) is 21.9. The number of hydrogen-bond acceptors (Lipinski definition) is 5. The lowest BCUT2D eigenvalue weighted by molar-refractivity contribution is -0.300. The third-order valence-electron chi connectivity index (χ3n) is 10.8. The summed E-state index contributed by atoms with van der Waals surface area (Å²) in [5.74, 6) is 2.34. The van der Waals surface area contributed by atoms with Gasteiger partial charge in [0.1, 0.15) is 25.0 Å². The molecule has 6 atom stereocenters. The van der Waals surface area contributed by atoms with E-state index in [9.17, 15) is 9.50 Å². The molecule has 0 radical (unpaired) electrons. The van der Waals surface area contributed by atoms with Crippen LogP contribution in [0.15, 0.2) is 12.1 Å². The van der Waals surface area contributed by atoms with E-state index in [1.54, 1.807) is 0 Å². The van der Waals surface area contributed by atoms with Gasteiger partial charge < -0.3 is 19.3 Å². The molecule has 2 spiro atoms. The third kappa shape index (κ3) is 2.46. The van der Waals surface area contributed by atoms with Crippen LogP contribution in [0.3, 0.4) is 0 Å². The Kier molecular flexibility index (Phi) is 4.43. The summed E-state index contributed by atoms with van der Waals surface area (Å²) in [5, 5.41) is 11.5. The summed E-state index contributed by atoms with van der Waals surface area (Å²) < 4.78 is 32.4. The van der Waals surface area contributed by atoms with Crippen molar-refractivity contribution >= 4 is 0 Å². The van der Waals surface area contributed by atoms with Crippen LogP contribution in [-0.2, 0) is 16.6 Å². The molecule has 186 valence electrons. The van der Waals surface area contributed by atoms with Crippen LogP contribution in [-0.4, -0.2) is 66.8 Å². The molecule has 1 saturated heterocycles. The second-order valence-corrected chi connectivity index (χ2v) is 12.6. The molecule has 0 aromatic heterocycles. The number of aliphatic hydroxyl groups is 1. The van der Waals surface area contributed by atoms with Gasteiger partial charge in [-0.3, -0.25) is 4.90 Å². The summed E-state index contributed by atoms with van der Waals surface area (Å²) in [6.07, 6.45) is 7.62. The third-order valence-corrected chi connectivity index (χ3v) is 10.8. The van der Waals surface area contributed by atoms with Gasteiger partial charge in [-0.1, -0.05) is 6.07 Å². The number of fused-ring (bicyclic) bond motifs is 2. The van der Waals surface area contributed by atoms with Crippen LogP contribution in [0.1, 0.15) is 63.5 Å². The Bertz CT molecular complexity index is 1020. The van der Waals surface area contributed by atoms with E-state index < -0.39 is 17.9 Å². The Hall–Kier alpha value is -1.37. The summed E-state index contributed by atoms with van der Waals surface area (Å²) in [4.78, 5) is 2.81. The van der Waals surface area contributed by atoms with Gasteiger partial charge in [-0.05, 0) is 82.9 Å². The van der Waals surface area contributed by atoms with Crippen molar-refractivity contribution in [1.82, 2.24) is 4.90 Å². The number of halogens is 1. The van der Waals surface area contributed by atoms with Crippen molar-refractivity contribution in [3.05, 3.63) is 23.3 Å². The van der Waals surface area contributed by atoms with E-state index in [0.29, 0.717) is 11.8 Å². The molecule has 8 rings (SSSR count). The van der Waals surface area contributed by atoms with Crippen molar-refractivity contribution in [3.8, 4) is 11.5 Å². The van der Waals surface area contributed by atoms with Crippen LogP contribution < -0.4 is 9.47 Å². The fourth-order valence-corrected chi connectivity index (χ4v) is 9.48. The lowest BCUT2D eigenvalue weighted by Gasteiger charge is -2.75. The average Bonchev–Trinajstić information content (AvgIpc) is 3.56. The van der Waals surface area contributed by atoms with Gasteiger partial charge in [0.05, 0.1) is 5.60 Å². The molecule has 4 saturated carbocycles. The predicted octanol–water partition coefficient (Wildman–Crippen LogP) is 4.03. The summed E-state index contributed by atoms with van der Waals surface area (Å²) in [5.41, 5.74) is 1.20. The minimum Gasteiger partial charge on any atom is -0.487 e. The fraction of sp³-hybridized carbons (Fsp3) is 0.786. The molecule has 1 N–H and O–H groups in total.